The van der Waals surface area contributed by atoms with Crippen molar-refractivity contribution in [1.82, 2.24) is 4.90 Å². The van der Waals surface area contributed by atoms with Crippen molar-refractivity contribution in [2.24, 2.45) is 0 Å². The van der Waals surface area contributed by atoms with Gasteiger partial charge in [-0.25, -0.2) is 0 Å². The van der Waals surface area contributed by atoms with Crippen LogP contribution in [0.25, 0.3) is 0 Å². The molecular weight excluding hydrogens is 332 g/mol. The number of rotatable bonds is 4. The lowest BCUT2D eigenvalue weighted by Crippen LogP contribution is -2.35. The van der Waals surface area contributed by atoms with Gasteiger partial charge in [0.25, 0.3) is 5.69 Å². The highest BCUT2D eigenvalue weighted by Gasteiger charge is 2.36. The van der Waals surface area contributed by atoms with Crippen molar-refractivity contribution in [2.45, 2.75) is 25.1 Å². The predicted molar refractivity (Wildman–Crippen MR) is 73.3 cm³/mol. The molecule has 8 heteroatoms. The van der Waals surface area contributed by atoms with Crippen molar-refractivity contribution in [3.8, 4) is 0 Å². The number of carboxylic acids is 1. The van der Waals surface area contributed by atoms with E-state index in [9.17, 15) is 20.0 Å². The van der Waals surface area contributed by atoms with Crippen LogP contribution >= 0.6 is 15.9 Å². The van der Waals surface area contributed by atoms with E-state index in [1.165, 1.54) is 12.1 Å². The molecule has 0 spiro atoms. The number of non-ortho nitro benzene ring substituents is 1. The normalized spacial score (nSPS) is 22.9. The predicted octanol–water partition coefficient (Wildman–Crippen LogP) is 1.38. The van der Waals surface area contributed by atoms with Crippen LogP contribution in [0.1, 0.15) is 12.0 Å². The molecule has 0 amide bonds. The van der Waals surface area contributed by atoms with Crippen LogP contribution in [0.15, 0.2) is 22.7 Å². The van der Waals surface area contributed by atoms with E-state index in [1.54, 1.807) is 11.0 Å². The highest BCUT2D eigenvalue weighted by Crippen LogP contribution is 2.27. The summed E-state index contributed by atoms with van der Waals surface area (Å²) in [5, 5.41) is 29.3. The van der Waals surface area contributed by atoms with Gasteiger partial charge < -0.3 is 10.2 Å². The minimum atomic E-state index is -0.973. The molecule has 2 N–H and O–H groups in total. The number of hydrogen-bond acceptors (Lipinski definition) is 5. The maximum absolute atomic E-state index is 11.1. The number of likely N-dealkylation sites (tertiary alicyclic amines) is 1. The topological polar surface area (TPSA) is 104 Å². The molecule has 0 radical (unpaired) electrons. The van der Waals surface area contributed by atoms with Gasteiger partial charge in [-0.2, -0.15) is 0 Å². The first kappa shape index (κ1) is 14.9. The van der Waals surface area contributed by atoms with E-state index in [2.05, 4.69) is 15.9 Å². The minimum Gasteiger partial charge on any atom is -0.480 e. The van der Waals surface area contributed by atoms with E-state index >= 15 is 0 Å². The summed E-state index contributed by atoms with van der Waals surface area (Å²) in [7, 11) is 0. The summed E-state index contributed by atoms with van der Waals surface area (Å²) >= 11 is 3.25. The minimum absolute atomic E-state index is 0.0307. The summed E-state index contributed by atoms with van der Waals surface area (Å²) in [5.41, 5.74) is 0.716. The second kappa shape index (κ2) is 5.86. The van der Waals surface area contributed by atoms with Gasteiger partial charge in [0.2, 0.25) is 0 Å². The summed E-state index contributed by atoms with van der Waals surface area (Å²) in [6.07, 6.45) is -0.465. The van der Waals surface area contributed by atoms with Gasteiger partial charge in [-0.3, -0.25) is 19.8 Å². The molecule has 1 fully saturated rings. The average Bonchev–Trinajstić information content (AvgIpc) is 2.73. The molecule has 0 bridgehead atoms. The lowest BCUT2D eigenvalue weighted by molar-refractivity contribution is -0.384. The number of benzene rings is 1. The number of carbonyl (C=O) groups is 1. The van der Waals surface area contributed by atoms with Gasteiger partial charge in [0.15, 0.2) is 0 Å². The Morgan fingerprint density at radius 3 is 2.80 bits per heavy atom. The van der Waals surface area contributed by atoms with Crippen LogP contribution in [0.5, 0.6) is 0 Å². The molecule has 108 valence electrons. The summed E-state index contributed by atoms with van der Waals surface area (Å²) in [6.45, 7) is 0.590. The number of aliphatic hydroxyl groups is 1. The molecule has 1 aliphatic heterocycles. The van der Waals surface area contributed by atoms with Crippen LogP contribution in [0.4, 0.5) is 5.69 Å². The largest absolute Gasteiger partial charge is 0.480 e. The standard InChI is InChI=1S/C12H13BrN2O5/c13-10-3-8(15(19)20)2-1-7(10)5-14-6-9(16)4-11(14)12(17)18/h1-3,9,11,16H,4-6H2,(H,17,18). The van der Waals surface area contributed by atoms with Gasteiger partial charge in [-0.15, -0.1) is 0 Å². The molecule has 2 rings (SSSR count). The third kappa shape index (κ3) is 3.14. The quantitative estimate of drug-likeness (QED) is 0.631. The first-order chi connectivity index (χ1) is 9.38. The molecule has 1 heterocycles. The second-order valence-corrected chi connectivity index (χ2v) is 5.56. The smallest absolute Gasteiger partial charge is 0.321 e. The fourth-order valence-corrected chi connectivity index (χ4v) is 2.80. The molecule has 7 nitrogen and oxygen atoms in total. The monoisotopic (exact) mass is 344 g/mol. The zero-order valence-corrected chi connectivity index (χ0v) is 12.0. The zero-order chi connectivity index (χ0) is 14.9. The maximum atomic E-state index is 11.1. The summed E-state index contributed by atoms with van der Waals surface area (Å²) in [6, 6.07) is 3.62. The Morgan fingerprint density at radius 1 is 1.55 bits per heavy atom. The van der Waals surface area contributed by atoms with E-state index in [0.29, 0.717) is 11.0 Å². The third-order valence-electron chi connectivity index (χ3n) is 3.29. The number of nitrogens with zero attached hydrogens (tertiary/aromatic N) is 2. The van der Waals surface area contributed by atoms with Gasteiger partial charge >= 0.3 is 5.97 Å². The van der Waals surface area contributed by atoms with Crippen molar-refractivity contribution in [2.75, 3.05) is 6.54 Å². The first-order valence-corrected chi connectivity index (χ1v) is 6.75. The lowest BCUT2D eigenvalue weighted by atomic mass is 10.1. The summed E-state index contributed by atoms with van der Waals surface area (Å²) in [4.78, 5) is 22.9. The Labute approximate surface area is 123 Å². The Kier molecular flexibility index (Phi) is 4.36. The van der Waals surface area contributed by atoms with E-state index in [4.69, 9.17) is 5.11 Å². The average molecular weight is 345 g/mol. The van der Waals surface area contributed by atoms with Gasteiger partial charge in [0, 0.05) is 36.1 Å². The Bertz CT molecular complexity index is 551. The second-order valence-electron chi connectivity index (χ2n) is 4.71. The zero-order valence-electron chi connectivity index (χ0n) is 10.4. The van der Waals surface area contributed by atoms with Gasteiger partial charge in [0.05, 0.1) is 11.0 Å². The molecule has 2 atom stereocenters. The maximum Gasteiger partial charge on any atom is 0.321 e. The number of hydrogen-bond donors (Lipinski definition) is 2. The number of nitro groups is 1. The number of β-amino-alcohol motifs (C(OH)–C–C–N with tert-alkyl or cyclic N) is 1. The van der Waals surface area contributed by atoms with Crippen molar-refractivity contribution >= 4 is 27.6 Å². The SMILES string of the molecule is O=C(O)C1CC(O)CN1Cc1ccc([N+](=O)[O-])cc1Br. The van der Waals surface area contributed by atoms with Crippen molar-refractivity contribution in [1.29, 1.82) is 0 Å². The fraction of sp³-hybridized carbons (Fsp3) is 0.417. The molecular formula is C12H13BrN2O5. The fourth-order valence-electron chi connectivity index (χ4n) is 2.31. The highest BCUT2D eigenvalue weighted by atomic mass is 79.9. The van der Waals surface area contributed by atoms with Crippen molar-refractivity contribution < 1.29 is 19.9 Å². The molecule has 20 heavy (non-hydrogen) atoms. The van der Waals surface area contributed by atoms with Crippen LogP contribution in [-0.4, -0.2) is 44.7 Å². The molecule has 0 saturated carbocycles. The van der Waals surface area contributed by atoms with Gasteiger partial charge in [0.1, 0.15) is 6.04 Å². The molecule has 0 aliphatic carbocycles. The van der Waals surface area contributed by atoms with Crippen LogP contribution in [0, 0.1) is 10.1 Å². The first-order valence-electron chi connectivity index (χ1n) is 5.96. The third-order valence-corrected chi connectivity index (χ3v) is 4.03. The Balaban J connectivity index is 2.17. The van der Waals surface area contributed by atoms with E-state index in [-0.39, 0.29) is 18.7 Å². The summed E-state index contributed by atoms with van der Waals surface area (Å²) < 4.78 is 0.553. The van der Waals surface area contributed by atoms with Crippen LogP contribution in [0.3, 0.4) is 0 Å². The van der Waals surface area contributed by atoms with Crippen molar-refractivity contribution in [3.63, 3.8) is 0 Å². The van der Waals surface area contributed by atoms with E-state index in [1.807, 2.05) is 0 Å². The van der Waals surface area contributed by atoms with Crippen LogP contribution < -0.4 is 0 Å². The molecule has 1 aromatic rings. The molecule has 1 aliphatic rings. The van der Waals surface area contributed by atoms with E-state index in [0.717, 1.165) is 5.56 Å². The van der Waals surface area contributed by atoms with Gasteiger partial charge in [-0.1, -0.05) is 15.9 Å². The number of halogens is 1. The van der Waals surface area contributed by atoms with E-state index < -0.39 is 23.0 Å². The highest BCUT2D eigenvalue weighted by molar-refractivity contribution is 9.10. The lowest BCUT2D eigenvalue weighted by Gasteiger charge is -2.21. The van der Waals surface area contributed by atoms with Crippen LogP contribution in [0.2, 0.25) is 0 Å². The number of aliphatic carboxylic acids is 1. The number of nitro benzene ring substituents is 1. The Morgan fingerprint density at radius 2 is 2.25 bits per heavy atom. The number of aliphatic hydroxyl groups excluding tert-OH is 1. The summed E-state index contributed by atoms with van der Waals surface area (Å²) in [5.74, 6) is -0.973. The molecule has 0 aromatic heterocycles. The van der Waals surface area contributed by atoms with Crippen LogP contribution in [-0.2, 0) is 11.3 Å². The van der Waals surface area contributed by atoms with Crippen molar-refractivity contribution in [3.05, 3.63) is 38.3 Å². The molecule has 2 unspecified atom stereocenters. The molecule has 1 saturated heterocycles. The molecule has 1 aromatic carbocycles. The number of carboxylic acid groups (broad SMARTS) is 1. The Hall–Kier alpha value is -1.51. The van der Waals surface area contributed by atoms with Gasteiger partial charge in [-0.05, 0) is 11.6 Å².